The number of nitrogens with two attached hydrogens (primary N) is 1. The van der Waals surface area contributed by atoms with Crippen molar-refractivity contribution in [3.63, 3.8) is 0 Å². The predicted molar refractivity (Wildman–Crippen MR) is 84.6 cm³/mol. The van der Waals surface area contributed by atoms with Crippen LogP contribution in [-0.2, 0) is 10.0 Å². The molecular formula is C15H11ClN2O3S. The monoisotopic (exact) mass is 334 g/mol. The van der Waals surface area contributed by atoms with Gasteiger partial charge in [-0.05, 0) is 24.3 Å². The second kappa shape index (κ2) is 5.24. The fraction of sp³-hybridized carbons (Fsp3) is 0. The summed E-state index contributed by atoms with van der Waals surface area (Å²) >= 11 is 5.83. The quantitative estimate of drug-likeness (QED) is 0.721. The maximum atomic E-state index is 12.6. The fourth-order valence-electron chi connectivity index (χ4n) is 2.28. The van der Waals surface area contributed by atoms with Gasteiger partial charge in [-0.3, -0.25) is 4.79 Å². The minimum Gasteiger partial charge on any atom is -0.360 e. The number of benzene rings is 2. The second-order valence-corrected chi connectivity index (χ2v) is 6.70. The third-order valence-corrected chi connectivity index (χ3v) is 4.73. The lowest BCUT2D eigenvalue weighted by Gasteiger charge is -2.05. The van der Waals surface area contributed by atoms with Gasteiger partial charge in [0.1, 0.15) is 4.90 Å². The van der Waals surface area contributed by atoms with E-state index in [1.807, 2.05) is 24.3 Å². The van der Waals surface area contributed by atoms with Gasteiger partial charge in [0.05, 0.1) is 5.02 Å². The number of nitrogens with one attached hydrogen (secondary N) is 1. The number of fused-ring (bicyclic) bond motifs is 1. The van der Waals surface area contributed by atoms with Gasteiger partial charge >= 0.3 is 0 Å². The van der Waals surface area contributed by atoms with Crippen LogP contribution in [0.2, 0.25) is 5.02 Å². The first kappa shape index (κ1) is 14.8. The van der Waals surface area contributed by atoms with E-state index in [9.17, 15) is 13.2 Å². The van der Waals surface area contributed by atoms with Crippen LogP contribution in [0.4, 0.5) is 0 Å². The molecule has 0 unspecified atom stereocenters. The molecule has 1 aromatic heterocycles. The third-order valence-electron chi connectivity index (χ3n) is 3.33. The summed E-state index contributed by atoms with van der Waals surface area (Å²) in [6.07, 6.45) is 1.60. The molecule has 0 atom stereocenters. The number of carbonyl (C=O) groups is 1. The molecule has 5 nitrogen and oxygen atoms in total. The molecule has 1 heterocycles. The summed E-state index contributed by atoms with van der Waals surface area (Å²) in [6.45, 7) is 0. The zero-order valence-electron chi connectivity index (χ0n) is 11.2. The number of halogens is 1. The summed E-state index contributed by atoms with van der Waals surface area (Å²) in [7, 11) is -3.99. The predicted octanol–water partition coefficient (Wildman–Crippen LogP) is 2.70. The van der Waals surface area contributed by atoms with E-state index in [-0.39, 0.29) is 21.3 Å². The minimum atomic E-state index is -3.99. The number of primary sulfonamides is 1. The van der Waals surface area contributed by atoms with E-state index >= 15 is 0 Å². The Balaban J connectivity index is 2.14. The third kappa shape index (κ3) is 2.52. The van der Waals surface area contributed by atoms with Crippen molar-refractivity contribution in [2.75, 3.05) is 0 Å². The van der Waals surface area contributed by atoms with Crippen LogP contribution in [0.3, 0.4) is 0 Å². The Morgan fingerprint density at radius 1 is 1.14 bits per heavy atom. The van der Waals surface area contributed by atoms with Crippen molar-refractivity contribution in [1.82, 2.24) is 4.98 Å². The van der Waals surface area contributed by atoms with E-state index < -0.39 is 10.0 Å². The number of ketones is 1. The van der Waals surface area contributed by atoms with Gasteiger partial charge in [0.15, 0.2) is 5.78 Å². The molecule has 3 N–H and O–H groups in total. The molecule has 0 saturated carbocycles. The van der Waals surface area contributed by atoms with Crippen LogP contribution in [0.5, 0.6) is 0 Å². The van der Waals surface area contributed by atoms with Crippen LogP contribution in [0.25, 0.3) is 10.9 Å². The molecule has 0 bridgehead atoms. The van der Waals surface area contributed by atoms with Crippen molar-refractivity contribution in [1.29, 1.82) is 0 Å². The van der Waals surface area contributed by atoms with Crippen molar-refractivity contribution < 1.29 is 13.2 Å². The van der Waals surface area contributed by atoms with E-state index in [2.05, 4.69) is 4.98 Å². The molecule has 3 rings (SSSR count). The van der Waals surface area contributed by atoms with Crippen molar-refractivity contribution in [3.05, 3.63) is 64.8 Å². The minimum absolute atomic E-state index is 0.0158. The number of carbonyl (C=O) groups excluding carboxylic acids is 1. The lowest BCUT2D eigenvalue weighted by Crippen LogP contribution is -2.14. The summed E-state index contributed by atoms with van der Waals surface area (Å²) < 4.78 is 23.0. The van der Waals surface area contributed by atoms with Gasteiger partial charge in [-0.15, -0.1) is 0 Å². The van der Waals surface area contributed by atoms with Crippen molar-refractivity contribution >= 4 is 38.3 Å². The molecule has 3 aromatic rings. The van der Waals surface area contributed by atoms with Gasteiger partial charge < -0.3 is 4.98 Å². The van der Waals surface area contributed by atoms with E-state index in [1.165, 1.54) is 18.2 Å². The average Bonchev–Trinajstić information content (AvgIpc) is 2.89. The summed E-state index contributed by atoms with van der Waals surface area (Å²) in [5.74, 6) is -0.306. The molecule has 112 valence electrons. The van der Waals surface area contributed by atoms with Crippen LogP contribution in [0.15, 0.2) is 53.6 Å². The first-order valence-electron chi connectivity index (χ1n) is 6.31. The SMILES string of the molecule is NS(=O)(=O)c1cc(C(=O)c2c[nH]c3ccccc23)ccc1Cl. The molecule has 2 aromatic carbocycles. The number of hydrogen-bond acceptors (Lipinski definition) is 3. The molecule has 0 radical (unpaired) electrons. The molecule has 0 saturated heterocycles. The maximum absolute atomic E-state index is 12.6. The number of H-pyrrole nitrogens is 1. The van der Waals surface area contributed by atoms with Crippen molar-refractivity contribution in [3.8, 4) is 0 Å². The van der Waals surface area contributed by atoms with Crippen LogP contribution < -0.4 is 5.14 Å². The van der Waals surface area contributed by atoms with Gasteiger partial charge in [-0.2, -0.15) is 0 Å². The lowest BCUT2D eigenvalue weighted by molar-refractivity contribution is 0.104. The molecule has 0 aliphatic rings. The molecule has 0 aliphatic carbocycles. The highest BCUT2D eigenvalue weighted by Crippen LogP contribution is 2.25. The van der Waals surface area contributed by atoms with E-state index in [1.54, 1.807) is 6.20 Å². The first-order valence-corrected chi connectivity index (χ1v) is 8.23. The normalized spacial score (nSPS) is 11.7. The second-order valence-electron chi connectivity index (χ2n) is 4.77. The lowest BCUT2D eigenvalue weighted by atomic mass is 10.0. The molecule has 0 spiro atoms. The van der Waals surface area contributed by atoms with Crippen LogP contribution in [0.1, 0.15) is 15.9 Å². The van der Waals surface area contributed by atoms with Gasteiger partial charge in [0, 0.05) is 28.2 Å². The number of sulfonamides is 1. The van der Waals surface area contributed by atoms with Crippen LogP contribution in [0, 0.1) is 0 Å². The molecule has 22 heavy (non-hydrogen) atoms. The molecule has 0 aliphatic heterocycles. The number of aromatic amines is 1. The Bertz CT molecular complexity index is 993. The number of aromatic nitrogens is 1. The van der Waals surface area contributed by atoms with E-state index in [4.69, 9.17) is 16.7 Å². The molecule has 0 amide bonds. The Morgan fingerprint density at radius 3 is 2.59 bits per heavy atom. The highest BCUT2D eigenvalue weighted by atomic mass is 35.5. The largest absolute Gasteiger partial charge is 0.360 e. The number of rotatable bonds is 3. The Morgan fingerprint density at radius 2 is 1.86 bits per heavy atom. The molecular weight excluding hydrogens is 324 g/mol. The summed E-state index contributed by atoms with van der Waals surface area (Å²) in [4.78, 5) is 15.4. The Labute approximate surface area is 131 Å². The van der Waals surface area contributed by atoms with Gasteiger partial charge in [0.2, 0.25) is 10.0 Å². The first-order chi connectivity index (χ1) is 10.4. The van der Waals surface area contributed by atoms with E-state index in [0.29, 0.717) is 5.56 Å². The summed E-state index contributed by atoms with van der Waals surface area (Å²) in [6, 6.07) is 11.4. The van der Waals surface area contributed by atoms with Gasteiger partial charge in [-0.1, -0.05) is 29.8 Å². The fourth-order valence-corrected chi connectivity index (χ4v) is 3.35. The van der Waals surface area contributed by atoms with Crippen molar-refractivity contribution in [2.45, 2.75) is 4.90 Å². The van der Waals surface area contributed by atoms with Gasteiger partial charge in [0.25, 0.3) is 0 Å². The standard InChI is InChI=1S/C15H11ClN2O3S/c16-12-6-5-9(7-14(12)22(17,20)21)15(19)11-8-18-13-4-2-1-3-10(11)13/h1-8,18H,(H2,17,20,21). The molecule has 7 heteroatoms. The summed E-state index contributed by atoms with van der Waals surface area (Å²) in [5, 5.41) is 5.85. The van der Waals surface area contributed by atoms with Gasteiger partial charge in [-0.25, -0.2) is 13.6 Å². The zero-order chi connectivity index (χ0) is 15.9. The highest BCUT2D eigenvalue weighted by molar-refractivity contribution is 7.89. The van der Waals surface area contributed by atoms with Crippen LogP contribution in [-0.4, -0.2) is 19.2 Å². The number of para-hydroxylation sites is 1. The van der Waals surface area contributed by atoms with Crippen LogP contribution >= 0.6 is 11.6 Å². The summed E-state index contributed by atoms with van der Waals surface area (Å²) in [5.41, 5.74) is 1.49. The topological polar surface area (TPSA) is 93.0 Å². The Kier molecular flexibility index (Phi) is 3.52. The molecule has 0 fully saturated rings. The maximum Gasteiger partial charge on any atom is 0.239 e. The smallest absolute Gasteiger partial charge is 0.239 e. The zero-order valence-corrected chi connectivity index (χ0v) is 12.8. The van der Waals surface area contributed by atoms with E-state index in [0.717, 1.165) is 10.9 Å². The highest BCUT2D eigenvalue weighted by Gasteiger charge is 2.19. The number of hydrogen-bond donors (Lipinski definition) is 2. The average molecular weight is 335 g/mol. The Hall–Kier alpha value is -2.15. The van der Waals surface area contributed by atoms with Crippen molar-refractivity contribution in [2.24, 2.45) is 5.14 Å².